The first-order valence-corrected chi connectivity index (χ1v) is 8.88. The van der Waals surface area contributed by atoms with E-state index < -0.39 is 0 Å². The lowest BCUT2D eigenvalue weighted by molar-refractivity contribution is 0.0993. The Morgan fingerprint density at radius 1 is 1.04 bits per heavy atom. The summed E-state index contributed by atoms with van der Waals surface area (Å²) < 4.78 is 0. The molecule has 4 heteroatoms. The lowest BCUT2D eigenvalue weighted by Gasteiger charge is -2.27. The van der Waals surface area contributed by atoms with Crippen molar-refractivity contribution < 1.29 is 4.79 Å². The second-order valence-electron chi connectivity index (χ2n) is 6.50. The molecule has 1 unspecified atom stereocenters. The summed E-state index contributed by atoms with van der Waals surface area (Å²) in [6, 6.07) is 19.9. The van der Waals surface area contributed by atoms with Crippen molar-refractivity contribution in [3.05, 3.63) is 89.2 Å². The van der Waals surface area contributed by atoms with Crippen molar-refractivity contribution in [1.29, 1.82) is 0 Å². The third kappa shape index (κ3) is 2.73. The molecule has 0 radical (unpaired) electrons. The van der Waals surface area contributed by atoms with Crippen molar-refractivity contribution in [2.75, 3.05) is 10.2 Å². The van der Waals surface area contributed by atoms with Crippen LogP contribution in [0.15, 0.2) is 66.9 Å². The number of benzene rings is 2. The summed E-state index contributed by atoms with van der Waals surface area (Å²) in [5, 5.41) is 3.55. The van der Waals surface area contributed by atoms with Crippen molar-refractivity contribution in [2.24, 2.45) is 0 Å². The zero-order valence-electron chi connectivity index (χ0n) is 14.9. The predicted octanol–water partition coefficient (Wildman–Crippen LogP) is 4.72. The molecule has 130 valence electrons. The lowest BCUT2D eigenvalue weighted by atomic mass is 10.1. The van der Waals surface area contributed by atoms with Gasteiger partial charge in [-0.15, -0.1) is 0 Å². The third-order valence-corrected chi connectivity index (χ3v) is 4.81. The minimum Gasteiger partial charge on any atom is -0.360 e. The molecule has 3 aromatic rings. The Balaban J connectivity index is 1.79. The van der Waals surface area contributed by atoms with Gasteiger partial charge in [-0.1, -0.05) is 42.8 Å². The number of para-hydroxylation sites is 1. The number of pyridine rings is 1. The molecular weight excluding hydrogens is 322 g/mol. The van der Waals surface area contributed by atoms with Crippen LogP contribution in [0.2, 0.25) is 0 Å². The summed E-state index contributed by atoms with van der Waals surface area (Å²) in [6.45, 7) is 4.17. The van der Waals surface area contributed by atoms with E-state index in [2.05, 4.69) is 29.4 Å². The van der Waals surface area contributed by atoms with E-state index in [0.29, 0.717) is 5.56 Å². The number of carbonyl (C=O) groups excluding carboxylic acids is 1. The summed E-state index contributed by atoms with van der Waals surface area (Å²) in [4.78, 5) is 19.4. The van der Waals surface area contributed by atoms with Gasteiger partial charge in [0, 0.05) is 17.6 Å². The highest BCUT2D eigenvalue weighted by atomic mass is 16.2. The maximum atomic E-state index is 13.1. The molecule has 1 aromatic heterocycles. The molecule has 1 aliphatic heterocycles. The quantitative estimate of drug-likeness (QED) is 0.745. The largest absolute Gasteiger partial charge is 0.360 e. The topological polar surface area (TPSA) is 45.2 Å². The van der Waals surface area contributed by atoms with Crippen LogP contribution in [0, 0.1) is 6.92 Å². The van der Waals surface area contributed by atoms with E-state index in [-0.39, 0.29) is 12.1 Å². The third-order valence-electron chi connectivity index (χ3n) is 4.81. The molecule has 26 heavy (non-hydrogen) atoms. The van der Waals surface area contributed by atoms with Crippen molar-refractivity contribution in [2.45, 2.75) is 26.4 Å². The fourth-order valence-electron chi connectivity index (χ4n) is 3.41. The average Bonchev–Trinajstić information content (AvgIpc) is 2.95. The number of nitrogens with one attached hydrogen (secondary N) is 1. The number of rotatable bonds is 4. The lowest BCUT2D eigenvalue weighted by Crippen LogP contribution is -2.32. The minimum atomic E-state index is -0.325. The molecule has 1 aliphatic rings. The molecule has 2 heterocycles. The van der Waals surface area contributed by atoms with E-state index in [0.717, 1.165) is 29.1 Å². The van der Waals surface area contributed by atoms with Gasteiger partial charge < -0.3 is 5.32 Å². The van der Waals surface area contributed by atoms with Crippen LogP contribution in [0.5, 0.6) is 0 Å². The molecule has 0 saturated carbocycles. The Kier molecular flexibility index (Phi) is 4.17. The standard InChI is InChI=1S/C22H21N3O/c1-3-16-7-4-5-9-19(16)24-21-20-18(8-6-14-23-20)22(26)25(21)17-12-10-15(2)11-13-17/h4-14,21,24H,3H2,1-2H3. The van der Waals surface area contributed by atoms with Gasteiger partial charge >= 0.3 is 0 Å². The monoisotopic (exact) mass is 343 g/mol. The van der Waals surface area contributed by atoms with Gasteiger partial charge in [0.15, 0.2) is 6.17 Å². The fourth-order valence-corrected chi connectivity index (χ4v) is 3.41. The molecule has 2 aromatic carbocycles. The van der Waals surface area contributed by atoms with Crippen molar-refractivity contribution in [1.82, 2.24) is 4.98 Å². The van der Waals surface area contributed by atoms with Crippen LogP contribution in [0.3, 0.4) is 0 Å². The Hall–Kier alpha value is -3.14. The van der Waals surface area contributed by atoms with Gasteiger partial charge in [0.05, 0.1) is 11.3 Å². The first-order valence-electron chi connectivity index (χ1n) is 8.88. The van der Waals surface area contributed by atoms with Crippen LogP contribution in [-0.4, -0.2) is 10.9 Å². The highest BCUT2D eigenvalue weighted by Gasteiger charge is 2.39. The molecule has 0 fully saturated rings. The molecule has 0 spiro atoms. The molecule has 4 nitrogen and oxygen atoms in total. The molecule has 4 rings (SSSR count). The van der Waals surface area contributed by atoms with E-state index in [1.807, 2.05) is 55.5 Å². The summed E-state index contributed by atoms with van der Waals surface area (Å²) in [6.07, 6.45) is 2.34. The highest BCUT2D eigenvalue weighted by molar-refractivity contribution is 6.11. The van der Waals surface area contributed by atoms with Gasteiger partial charge in [-0.2, -0.15) is 0 Å². The van der Waals surface area contributed by atoms with Crippen LogP contribution in [0.1, 0.15) is 40.3 Å². The van der Waals surface area contributed by atoms with Crippen LogP contribution in [0.25, 0.3) is 0 Å². The number of carbonyl (C=O) groups is 1. The molecule has 1 atom stereocenters. The van der Waals surface area contributed by atoms with Crippen molar-refractivity contribution in [3.8, 4) is 0 Å². The smallest absolute Gasteiger partial charge is 0.262 e. The maximum Gasteiger partial charge on any atom is 0.262 e. The van der Waals surface area contributed by atoms with E-state index in [9.17, 15) is 4.79 Å². The zero-order chi connectivity index (χ0) is 18.1. The Labute approximate surface area is 153 Å². The summed E-state index contributed by atoms with van der Waals surface area (Å²) in [5.74, 6) is -0.0246. The van der Waals surface area contributed by atoms with Crippen LogP contribution in [0.4, 0.5) is 11.4 Å². The minimum absolute atomic E-state index is 0.0246. The number of fused-ring (bicyclic) bond motifs is 1. The van der Waals surface area contributed by atoms with Crippen molar-refractivity contribution in [3.63, 3.8) is 0 Å². The first kappa shape index (κ1) is 16.3. The van der Waals surface area contributed by atoms with Crippen molar-refractivity contribution >= 4 is 17.3 Å². The second kappa shape index (κ2) is 6.64. The van der Waals surface area contributed by atoms with Gasteiger partial charge in [-0.25, -0.2) is 0 Å². The SMILES string of the molecule is CCc1ccccc1NC1c2ncccc2C(=O)N1c1ccc(C)cc1. The molecular formula is C22H21N3O. The number of amides is 1. The van der Waals surface area contributed by atoms with E-state index in [1.165, 1.54) is 5.56 Å². The number of nitrogens with zero attached hydrogens (tertiary/aromatic N) is 2. The molecule has 1 amide bonds. The van der Waals surface area contributed by atoms with Gasteiger partial charge in [0.2, 0.25) is 0 Å². The molecule has 0 aliphatic carbocycles. The van der Waals surface area contributed by atoms with Gasteiger partial charge in [0.1, 0.15) is 0 Å². The Morgan fingerprint density at radius 3 is 2.58 bits per heavy atom. The van der Waals surface area contributed by atoms with Crippen LogP contribution >= 0.6 is 0 Å². The van der Waals surface area contributed by atoms with Gasteiger partial charge in [0.25, 0.3) is 5.91 Å². The van der Waals surface area contributed by atoms with Gasteiger partial charge in [-0.3, -0.25) is 14.7 Å². The van der Waals surface area contributed by atoms with E-state index in [4.69, 9.17) is 0 Å². The summed E-state index contributed by atoms with van der Waals surface area (Å²) >= 11 is 0. The number of hydrogen-bond donors (Lipinski definition) is 1. The molecule has 0 saturated heterocycles. The average molecular weight is 343 g/mol. The van der Waals surface area contributed by atoms with E-state index >= 15 is 0 Å². The van der Waals surface area contributed by atoms with Crippen LogP contribution in [-0.2, 0) is 6.42 Å². The van der Waals surface area contributed by atoms with Gasteiger partial charge in [-0.05, 0) is 49.2 Å². The Morgan fingerprint density at radius 2 is 1.81 bits per heavy atom. The fraction of sp³-hybridized carbons (Fsp3) is 0.182. The molecule has 0 bridgehead atoms. The predicted molar refractivity (Wildman–Crippen MR) is 104 cm³/mol. The summed E-state index contributed by atoms with van der Waals surface area (Å²) in [5.41, 5.74) is 5.70. The first-order chi connectivity index (χ1) is 12.7. The number of hydrogen-bond acceptors (Lipinski definition) is 3. The number of aryl methyl sites for hydroxylation is 2. The number of anilines is 2. The zero-order valence-corrected chi connectivity index (χ0v) is 14.9. The maximum absolute atomic E-state index is 13.1. The summed E-state index contributed by atoms with van der Waals surface area (Å²) in [7, 11) is 0. The van der Waals surface area contributed by atoms with Crippen LogP contribution < -0.4 is 10.2 Å². The highest BCUT2D eigenvalue weighted by Crippen LogP contribution is 2.37. The normalized spacial score (nSPS) is 15.8. The van der Waals surface area contributed by atoms with E-state index in [1.54, 1.807) is 11.1 Å². The second-order valence-corrected chi connectivity index (χ2v) is 6.50. The number of aromatic nitrogens is 1. The Bertz CT molecular complexity index is 950. The molecule has 1 N–H and O–H groups in total.